The highest BCUT2D eigenvalue weighted by Crippen LogP contribution is 2.25. The summed E-state index contributed by atoms with van der Waals surface area (Å²) in [6.45, 7) is 2.95. The predicted molar refractivity (Wildman–Crippen MR) is 109 cm³/mol. The molecule has 1 atom stereocenters. The third-order valence-corrected chi connectivity index (χ3v) is 4.91. The largest absolute Gasteiger partial charge is 0.494 e. The van der Waals surface area contributed by atoms with E-state index in [1.54, 1.807) is 30.4 Å². The smallest absolute Gasteiger partial charge is 0.340 e. The number of benzene rings is 2. The van der Waals surface area contributed by atoms with Crippen LogP contribution in [0.25, 0.3) is 0 Å². The van der Waals surface area contributed by atoms with Gasteiger partial charge in [0.05, 0.1) is 23.8 Å². The molecule has 1 aliphatic rings. The third-order valence-electron chi connectivity index (χ3n) is 4.59. The fourth-order valence-corrected chi connectivity index (χ4v) is 3.43. The molecule has 1 heterocycles. The fourth-order valence-electron chi connectivity index (χ4n) is 3.17. The predicted octanol–water partition coefficient (Wildman–Crippen LogP) is 3.62. The van der Waals surface area contributed by atoms with Gasteiger partial charge in [0.25, 0.3) is 5.91 Å². The zero-order valence-corrected chi connectivity index (χ0v) is 16.7. The van der Waals surface area contributed by atoms with Crippen molar-refractivity contribution in [3.05, 3.63) is 76.3 Å². The Hall–Kier alpha value is -2.83. The van der Waals surface area contributed by atoms with Crippen LogP contribution in [-0.2, 0) is 22.5 Å². The van der Waals surface area contributed by atoms with E-state index in [2.05, 4.69) is 5.32 Å². The Bertz CT molecular complexity index is 943. The van der Waals surface area contributed by atoms with Crippen molar-refractivity contribution in [3.8, 4) is 5.75 Å². The van der Waals surface area contributed by atoms with E-state index in [0.29, 0.717) is 22.9 Å². The molecule has 0 aliphatic carbocycles. The number of amides is 1. The van der Waals surface area contributed by atoms with Crippen LogP contribution in [0.1, 0.15) is 28.4 Å². The van der Waals surface area contributed by atoms with Crippen molar-refractivity contribution in [1.29, 1.82) is 0 Å². The second-order valence-corrected chi connectivity index (χ2v) is 7.07. The molecule has 3 rings (SSSR count). The van der Waals surface area contributed by atoms with Gasteiger partial charge in [-0.05, 0) is 42.3 Å². The number of carbonyl (C=O) groups excluding carboxylic acids is 1. The third kappa shape index (κ3) is 4.96. The molecule has 2 N–H and O–H groups in total. The lowest BCUT2D eigenvalue weighted by Gasteiger charge is -2.22. The van der Waals surface area contributed by atoms with Gasteiger partial charge >= 0.3 is 5.97 Å². The molecule has 0 aromatic heterocycles. The number of rotatable bonds is 8. The summed E-state index contributed by atoms with van der Waals surface area (Å²) in [5.74, 6) is -0.708. The topological polar surface area (TPSA) is 84.9 Å². The van der Waals surface area contributed by atoms with E-state index in [9.17, 15) is 14.7 Å². The minimum Gasteiger partial charge on any atom is -0.494 e. The number of hydrogen-bond acceptors (Lipinski definition) is 4. The molecule has 0 spiro atoms. The Morgan fingerprint density at radius 3 is 2.69 bits per heavy atom. The second-order valence-electron chi connectivity index (χ2n) is 6.66. The van der Waals surface area contributed by atoms with Gasteiger partial charge in [-0.25, -0.2) is 4.79 Å². The maximum atomic E-state index is 12.5. The molecule has 1 unspecified atom stereocenters. The molecular formula is C22H22ClNO5. The number of nitrogens with one attached hydrogen (secondary N) is 1. The first-order chi connectivity index (χ1) is 13.9. The van der Waals surface area contributed by atoms with E-state index >= 15 is 0 Å². The quantitative estimate of drug-likeness (QED) is 0.643. The van der Waals surface area contributed by atoms with Crippen molar-refractivity contribution in [3.63, 3.8) is 0 Å². The molecule has 1 aliphatic heterocycles. The SMILES string of the molecule is CCOc1ccc(C(=O)NCc2cccc(CC3(C(=O)O)C=CCO3)c2)c(Cl)c1. The van der Waals surface area contributed by atoms with Crippen molar-refractivity contribution in [2.45, 2.75) is 25.5 Å². The maximum Gasteiger partial charge on any atom is 0.340 e. The lowest BCUT2D eigenvalue weighted by atomic mass is 9.94. The van der Waals surface area contributed by atoms with Crippen LogP contribution in [0, 0.1) is 0 Å². The molecule has 2 aromatic carbocycles. The Kier molecular flexibility index (Phi) is 6.56. The Balaban J connectivity index is 1.66. The monoisotopic (exact) mass is 415 g/mol. The van der Waals surface area contributed by atoms with E-state index in [4.69, 9.17) is 21.1 Å². The van der Waals surface area contributed by atoms with E-state index in [1.165, 1.54) is 0 Å². The lowest BCUT2D eigenvalue weighted by Crippen LogP contribution is -2.39. The summed E-state index contributed by atoms with van der Waals surface area (Å²) in [5.41, 5.74) is 0.684. The molecule has 0 fully saturated rings. The molecule has 6 nitrogen and oxygen atoms in total. The molecule has 7 heteroatoms. The van der Waals surface area contributed by atoms with Gasteiger partial charge in [0.15, 0.2) is 5.60 Å². The Morgan fingerprint density at radius 2 is 2.03 bits per heavy atom. The van der Waals surface area contributed by atoms with Crippen LogP contribution < -0.4 is 10.1 Å². The highest BCUT2D eigenvalue weighted by molar-refractivity contribution is 6.34. The Morgan fingerprint density at radius 1 is 1.24 bits per heavy atom. The van der Waals surface area contributed by atoms with Gasteiger partial charge < -0.3 is 19.9 Å². The standard InChI is InChI=1S/C22H22ClNO5/c1-2-28-17-7-8-18(19(23)12-17)20(25)24-14-16-6-3-5-15(11-16)13-22(21(26)27)9-4-10-29-22/h3-9,11-12H,2,10,13-14H2,1H3,(H,24,25)(H,26,27). The lowest BCUT2D eigenvalue weighted by molar-refractivity contribution is -0.156. The molecule has 0 saturated carbocycles. The second kappa shape index (κ2) is 9.11. The van der Waals surface area contributed by atoms with Crippen molar-refractivity contribution >= 4 is 23.5 Å². The van der Waals surface area contributed by atoms with E-state index in [-0.39, 0.29) is 25.5 Å². The Labute approximate surface area is 174 Å². The van der Waals surface area contributed by atoms with Crippen molar-refractivity contribution in [1.82, 2.24) is 5.32 Å². The van der Waals surface area contributed by atoms with Crippen LogP contribution in [0.3, 0.4) is 0 Å². The van der Waals surface area contributed by atoms with E-state index in [0.717, 1.165) is 11.1 Å². The summed E-state index contributed by atoms with van der Waals surface area (Å²) in [4.78, 5) is 24.1. The van der Waals surface area contributed by atoms with Crippen LogP contribution in [0.5, 0.6) is 5.75 Å². The number of ether oxygens (including phenoxy) is 2. The van der Waals surface area contributed by atoms with Gasteiger partial charge in [-0.3, -0.25) is 4.79 Å². The fraction of sp³-hybridized carbons (Fsp3) is 0.273. The van der Waals surface area contributed by atoms with E-state index < -0.39 is 11.6 Å². The van der Waals surface area contributed by atoms with Gasteiger partial charge in [-0.15, -0.1) is 0 Å². The summed E-state index contributed by atoms with van der Waals surface area (Å²) < 4.78 is 10.8. The van der Waals surface area contributed by atoms with Crippen LogP contribution in [0.4, 0.5) is 0 Å². The minimum absolute atomic E-state index is 0.214. The molecule has 0 saturated heterocycles. The zero-order valence-electron chi connectivity index (χ0n) is 16.0. The van der Waals surface area contributed by atoms with Gasteiger partial charge in [0.1, 0.15) is 5.75 Å². The zero-order chi connectivity index (χ0) is 20.9. The average Bonchev–Trinajstić information content (AvgIpc) is 3.17. The summed E-state index contributed by atoms with van der Waals surface area (Å²) in [6.07, 6.45) is 3.50. The van der Waals surface area contributed by atoms with Crippen LogP contribution in [0.2, 0.25) is 5.02 Å². The molecule has 152 valence electrons. The number of carboxylic acids is 1. The van der Waals surface area contributed by atoms with Crippen LogP contribution >= 0.6 is 11.6 Å². The molecule has 0 radical (unpaired) electrons. The molecule has 1 amide bonds. The summed E-state index contributed by atoms with van der Waals surface area (Å²) in [7, 11) is 0. The molecule has 0 bridgehead atoms. The maximum absolute atomic E-state index is 12.5. The summed E-state index contributed by atoms with van der Waals surface area (Å²) >= 11 is 6.19. The van der Waals surface area contributed by atoms with Gasteiger partial charge in [-0.2, -0.15) is 0 Å². The van der Waals surface area contributed by atoms with Gasteiger partial charge in [0, 0.05) is 13.0 Å². The normalized spacial score (nSPS) is 17.9. The van der Waals surface area contributed by atoms with Gasteiger partial charge in [-0.1, -0.05) is 41.9 Å². The first-order valence-corrected chi connectivity index (χ1v) is 9.65. The van der Waals surface area contributed by atoms with Gasteiger partial charge in [0.2, 0.25) is 0 Å². The highest BCUT2D eigenvalue weighted by Gasteiger charge is 2.39. The number of carbonyl (C=O) groups is 2. The number of halogens is 1. The molecular weight excluding hydrogens is 394 g/mol. The van der Waals surface area contributed by atoms with Crippen molar-refractivity contribution in [2.75, 3.05) is 13.2 Å². The number of hydrogen-bond donors (Lipinski definition) is 2. The van der Waals surface area contributed by atoms with Crippen LogP contribution in [0.15, 0.2) is 54.6 Å². The average molecular weight is 416 g/mol. The molecule has 2 aromatic rings. The highest BCUT2D eigenvalue weighted by atomic mass is 35.5. The van der Waals surface area contributed by atoms with Crippen molar-refractivity contribution in [2.24, 2.45) is 0 Å². The summed E-state index contributed by atoms with van der Waals surface area (Å²) in [5, 5.41) is 12.7. The summed E-state index contributed by atoms with van der Waals surface area (Å²) in [6, 6.07) is 12.3. The number of aliphatic carboxylic acids is 1. The van der Waals surface area contributed by atoms with Crippen molar-refractivity contribution < 1.29 is 24.2 Å². The number of carboxylic acid groups (broad SMARTS) is 1. The van der Waals surface area contributed by atoms with E-state index in [1.807, 2.05) is 31.2 Å². The molecule has 29 heavy (non-hydrogen) atoms. The van der Waals surface area contributed by atoms with Crippen LogP contribution in [-0.4, -0.2) is 35.8 Å². The minimum atomic E-state index is -1.34. The first-order valence-electron chi connectivity index (χ1n) is 9.27. The first kappa shape index (κ1) is 20.9.